The number of amides is 1. The predicted molar refractivity (Wildman–Crippen MR) is 49.7 cm³/mol. The van der Waals surface area contributed by atoms with Gasteiger partial charge in [-0.25, -0.2) is 0 Å². The second-order valence-electron chi connectivity index (χ2n) is 3.14. The first-order chi connectivity index (χ1) is 6.74. The molecular formula is C10H8N2O2. The van der Waals surface area contributed by atoms with Crippen LogP contribution in [0.15, 0.2) is 18.2 Å². The summed E-state index contributed by atoms with van der Waals surface area (Å²) >= 11 is 0. The Morgan fingerprint density at radius 1 is 1.57 bits per heavy atom. The van der Waals surface area contributed by atoms with Gasteiger partial charge in [-0.15, -0.1) is 0 Å². The Morgan fingerprint density at radius 2 is 2.36 bits per heavy atom. The number of anilines is 1. The number of nitrogens with zero attached hydrogens (tertiary/aromatic N) is 1. The zero-order chi connectivity index (χ0) is 10.1. The van der Waals surface area contributed by atoms with E-state index in [0.717, 1.165) is 0 Å². The van der Waals surface area contributed by atoms with Crippen molar-refractivity contribution in [1.82, 2.24) is 0 Å². The maximum atomic E-state index is 11.4. The number of carbonyl (C=O) groups is 1. The number of hydrogen-bond acceptors (Lipinski definition) is 3. The van der Waals surface area contributed by atoms with Crippen LogP contribution in [0.5, 0.6) is 5.75 Å². The highest BCUT2D eigenvalue weighted by atomic mass is 16.3. The van der Waals surface area contributed by atoms with Crippen LogP contribution in [0, 0.1) is 11.3 Å². The lowest BCUT2D eigenvalue weighted by atomic mass is 9.97. The van der Waals surface area contributed by atoms with E-state index in [1.165, 1.54) is 6.07 Å². The maximum absolute atomic E-state index is 11.4. The van der Waals surface area contributed by atoms with Gasteiger partial charge in [0.2, 0.25) is 5.91 Å². The van der Waals surface area contributed by atoms with E-state index in [2.05, 4.69) is 5.32 Å². The van der Waals surface area contributed by atoms with E-state index in [4.69, 9.17) is 5.26 Å². The molecule has 4 nitrogen and oxygen atoms in total. The number of fused-ring (bicyclic) bond motifs is 1. The zero-order valence-corrected chi connectivity index (χ0v) is 7.32. The first-order valence-corrected chi connectivity index (χ1v) is 4.23. The molecule has 1 aliphatic rings. The minimum atomic E-state index is -0.531. The third-order valence-electron chi connectivity index (χ3n) is 2.30. The van der Waals surface area contributed by atoms with Gasteiger partial charge in [0.05, 0.1) is 18.4 Å². The van der Waals surface area contributed by atoms with Crippen molar-refractivity contribution >= 4 is 11.6 Å². The highest BCUT2D eigenvalue weighted by molar-refractivity contribution is 6.03. The molecule has 14 heavy (non-hydrogen) atoms. The molecule has 0 saturated heterocycles. The molecule has 2 rings (SSSR count). The minimum Gasteiger partial charge on any atom is -0.508 e. The number of phenolic OH excluding ortho intramolecular Hbond substituents is 1. The van der Waals surface area contributed by atoms with Gasteiger partial charge < -0.3 is 10.4 Å². The fourth-order valence-electron chi connectivity index (χ4n) is 1.67. The van der Waals surface area contributed by atoms with Crippen LogP contribution in [0.4, 0.5) is 5.69 Å². The van der Waals surface area contributed by atoms with Crippen LogP contribution in [0.1, 0.15) is 17.9 Å². The van der Waals surface area contributed by atoms with Crippen molar-refractivity contribution < 1.29 is 9.90 Å². The van der Waals surface area contributed by atoms with Crippen LogP contribution < -0.4 is 5.32 Å². The summed E-state index contributed by atoms with van der Waals surface area (Å²) in [5.41, 5.74) is 1.15. The van der Waals surface area contributed by atoms with Crippen molar-refractivity contribution in [2.24, 2.45) is 0 Å². The van der Waals surface area contributed by atoms with Gasteiger partial charge >= 0.3 is 0 Å². The van der Waals surface area contributed by atoms with Crippen LogP contribution in [0.3, 0.4) is 0 Å². The Bertz CT molecular complexity index is 434. The molecule has 0 bridgehead atoms. The molecule has 0 aromatic heterocycles. The third-order valence-corrected chi connectivity index (χ3v) is 2.30. The van der Waals surface area contributed by atoms with E-state index >= 15 is 0 Å². The molecule has 70 valence electrons. The second-order valence-corrected chi connectivity index (χ2v) is 3.14. The Balaban J connectivity index is 2.51. The third kappa shape index (κ3) is 1.11. The lowest BCUT2D eigenvalue weighted by Crippen LogP contribution is -2.11. The largest absolute Gasteiger partial charge is 0.508 e. The summed E-state index contributed by atoms with van der Waals surface area (Å²) in [5, 5.41) is 20.7. The molecule has 1 aromatic rings. The summed E-state index contributed by atoms with van der Waals surface area (Å²) in [4.78, 5) is 11.4. The highest BCUT2D eigenvalue weighted by Gasteiger charge is 2.32. The number of rotatable bonds is 1. The number of nitriles is 1. The normalized spacial score (nSPS) is 18.5. The Hall–Kier alpha value is -2.02. The van der Waals surface area contributed by atoms with Crippen molar-refractivity contribution in [2.75, 3.05) is 5.32 Å². The zero-order valence-electron chi connectivity index (χ0n) is 7.32. The van der Waals surface area contributed by atoms with Crippen LogP contribution in [-0.2, 0) is 4.79 Å². The maximum Gasteiger partial charge on any atom is 0.233 e. The van der Waals surface area contributed by atoms with Gasteiger partial charge in [0, 0.05) is 11.3 Å². The van der Waals surface area contributed by atoms with E-state index in [1.807, 2.05) is 6.07 Å². The van der Waals surface area contributed by atoms with Crippen LogP contribution in [-0.4, -0.2) is 11.0 Å². The molecule has 1 atom stereocenters. The summed E-state index contributed by atoms with van der Waals surface area (Å²) in [6, 6.07) is 6.82. The van der Waals surface area contributed by atoms with E-state index in [-0.39, 0.29) is 18.1 Å². The standard InChI is InChI=1S/C10H8N2O2/c11-5-4-6-9-7(12-10(6)14)2-1-3-8(9)13/h1-3,6,13H,4H2,(H,12,14)/t6-/m0/s1. The van der Waals surface area contributed by atoms with E-state index in [1.54, 1.807) is 12.1 Å². The molecule has 0 fully saturated rings. The molecular weight excluding hydrogens is 180 g/mol. The van der Waals surface area contributed by atoms with Gasteiger partial charge in [0.25, 0.3) is 0 Å². The SMILES string of the molecule is N#CC[C@@H]1C(=O)Nc2cccc(O)c21. The van der Waals surface area contributed by atoms with Crippen LogP contribution >= 0.6 is 0 Å². The topological polar surface area (TPSA) is 73.1 Å². The van der Waals surface area contributed by atoms with Gasteiger partial charge in [-0.2, -0.15) is 5.26 Å². The molecule has 0 aliphatic carbocycles. The number of carbonyl (C=O) groups excluding carboxylic acids is 1. The monoisotopic (exact) mass is 188 g/mol. The Labute approximate surface area is 80.8 Å². The van der Waals surface area contributed by atoms with E-state index in [0.29, 0.717) is 11.3 Å². The number of benzene rings is 1. The molecule has 1 aromatic carbocycles. The summed E-state index contributed by atoms with van der Waals surface area (Å²) in [6.45, 7) is 0. The molecule has 1 heterocycles. The van der Waals surface area contributed by atoms with Crippen LogP contribution in [0.25, 0.3) is 0 Å². The first kappa shape index (κ1) is 8.57. The van der Waals surface area contributed by atoms with Gasteiger partial charge in [0.1, 0.15) is 5.75 Å². The summed E-state index contributed by atoms with van der Waals surface area (Å²) in [6.07, 6.45) is 0.0937. The number of aromatic hydroxyl groups is 1. The molecule has 0 saturated carbocycles. The van der Waals surface area contributed by atoms with E-state index < -0.39 is 5.92 Å². The summed E-state index contributed by atoms with van der Waals surface area (Å²) in [5.74, 6) is -0.680. The molecule has 4 heteroatoms. The average Bonchev–Trinajstić information content (AvgIpc) is 2.45. The number of nitrogens with one attached hydrogen (secondary N) is 1. The Morgan fingerprint density at radius 3 is 3.07 bits per heavy atom. The molecule has 1 amide bonds. The van der Waals surface area contributed by atoms with E-state index in [9.17, 15) is 9.90 Å². The van der Waals surface area contributed by atoms with Crippen molar-refractivity contribution in [3.8, 4) is 11.8 Å². The fourth-order valence-corrected chi connectivity index (χ4v) is 1.67. The number of hydrogen-bond donors (Lipinski definition) is 2. The highest BCUT2D eigenvalue weighted by Crippen LogP contribution is 2.39. The molecule has 0 spiro atoms. The smallest absolute Gasteiger partial charge is 0.233 e. The predicted octanol–water partition coefficient (Wildman–Crippen LogP) is 1.34. The molecule has 1 aliphatic heterocycles. The summed E-state index contributed by atoms with van der Waals surface area (Å²) < 4.78 is 0. The van der Waals surface area contributed by atoms with Gasteiger partial charge in [-0.1, -0.05) is 6.07 Å². The van der Waals surface area contributed by atoms with Crippen molar-refractivity contribution in [1.29, 1.82) is 5.26 Å². The molecule has 0 unspecified atom stereocenters. The average molecular weight is 188 g/mol. The van der Waals surface area contributed by atoms with Gasteiger partial charge in [-0.3, -0.25) is 4.79 Å². The molecule has 0 radical (unpaired) electrons. The second kappa shape index (κ2) is 3.04. The van der Waals surface area contributed by atoms with Crippen LogP contribution in [0.2, 0.25) is 0 Å². The van der Waals surface area contributed by atoms with Crippen molar-refractivity contribution in [3.05, 3.63) is 23.8 Å². The van der Waals surface area contributed by atoms with Crippen molar-refractivity contribution in [3.63, 3.8) is 0 Å². The fraction of sp³-hybridized carbons (Fsp3) is 0.200. The number of phenols is 1. The molecule has 2 N–H and O–H groups in total. The lowest BCUT2D eigenvalue weighted by Gasteiger charge is -2.04. The van der Waals surface area contributed by atoms with Gasteiger partial charge in [0.15, 0.2) is 0 Å². The minimum absolute atomic E-state index is 0.0705. The Kier molecular flexibility index (Phi) is 1.86. The van der Waals surface area contributed by atoms with Gasteiger partial charge in [-0.05, 0) is 12.1 Å². The van der Waals surface area contributed by atoms with Crippen molar-refractivity contribution in [2.45, 2.75) is 12.3 Å². The summed E-state index contributed by atoms with van der Waals surface area (Å²) in [7, 11) is 0. The first-order valence-electron chi connectivity index (χ1n) is 4.23. The lowest BCUT2D eigenvalue weighted by molar-refractivity contribution is -0.116. The quantitative estimate of drug-likeness (QED) is 0.698.